The maximum absolute atomic E-state index is 15.5. The van der Waals surface area contributed by atoms with Crippen LogP contribution in [0.15, 0.2) is 73.3 Å². The summed E-state index contributed by atoms with van der Waals surface area (Å²) in [4.78, 5) is 0. The summed E-state index contributed by atoms with van der Waals surface area (Å²) in [5.41, 5.74) is 2.32. The van der Waals surface area contributed by atoms with Crippen molar-refractivity contribution in [1.29, 1.82) is 0 Å². The molecule has 0 saturated carbocycles. The third-order valence-electron chi connectivity index (χ3n) is 4.65. The van der Waals surface area contributed by atoms with E-state index in [4.69, 9.17) is 0 Å². The molecule has 0 N–H and O–H groups in total. The maximum atomic E-state index is 15.5. The Hall–Kier alpha value is -2.41. The van der Waals surface area contributed by atoms with Gasteiger partial charge in [0.15, 0.2) is 0 Å². The number of allylic oxidation sites excluding steroid dienone is 1. The van der Waals surface area contributed by atoms with Crippen LogP contribution in [0, 0.1) is 0 Å². The van der Waals surface area contributed by atoms with Crippen molar-refractivity contribution < 1.29 is 4.39 Å². The summed E-state index contributed by atoms with van der Waals surface area (Å²) in [7, 11) is 0. The molecule has 3 aromatic rings. The highest BCUT2D eigenvalue weighted by Gasteiger charge is 2.40. The molecule has 108 valence electrons. The number of hydrogen-bond donors (Lipinski definition) is 0. The highest BCUT2D eigenvalue weighted by molar-refractivity contribution is 5.83. The van der Waals surface area contributed by atoms with Gasteiger partial charge in [-0.3, -0.25) is 0 Å². The molecule has 0 amide bonds. The van der Waals surface area contributed by atoms with Crippen LogP contribution in [0.3, 0.4) is 0 Å². The van der Waals surface area contributed by atoms with E-state index in [0.29, 0.717) is 18.4 Å². The van der Waals surface area contributed by atoms with Crippen molar-refractivity contribution in [2.45, 2.75) is 18.5 Å². The molecule has 0 aromatic heterocycles. The van der Waals surface area contributed by atoms with Crippen molar-refractivity contribution in [3.05, 3.63) is 90.0 Å². The van der Waals surface area contributed by atoms with E-state index in [1.165, 1.54) is 5.39 Å². The Balaban J connectivity index is 1.69. The number of benzene rings is 3. The minimum atomic E-state index is -1.37. The fourth-order valence-electron chi connectivity index (χ4n) is 3.46. The van der Waals surface area contributed by atoms with Gasteiger partial charge in [-0.25, -0.2) is 4.39 Å². The van der Waals surface area contributed by atoms with E-state index in [2.05, 4.69) is 30.8 Å². The minimum absolute atomic E-state index is 0.380. The summed E-state index contributed by atoms with van der Waals surface area (Å²) in [6.45, 7) is 4.03. The number of rotatable bonds is 2. The average Bonchev–Trinajstić information content (AvgIpc) is 2.79. The van der Waals surface area contributed by atoms with Crippen molar-refractivity contribution in [3.63, 3.8) is 0 Å². The molecule has 1 heteroatoms. The first-order chi connectivity index (χ1) is 10.7. The smallest absolute Gasteiger partial charge is 0.144 e. The van der Waals surface area contributed by atoms with Crippen LogP contribution in [0.2, 0.25) is 0 Å². The van der Waals surface area contributed by atoms with Crippen LogP contribution in [0.1, 0.15) is 16.7 Å². The topological polar surface area (TPSA) is 0 Å². The average molecular weight is 288 g/mol. The maximum Gasteiger partial charge on any atom is 0.144 e. The van der Waals surface area contributed by atoms with Crippen LogP contribution in [-0.4, -0.2) is 5.67 Å². The Morgan fingerprint density at radius 1 is 0.909 bits per heavy atom. The number of fused-ring (bicyclic) bond motifs is 2. The zero-order valence-corrected chi connectivity index (χ0v) is 12.4. The van der Waals surface area contributed by atoms with Crippen LogP contribution < -0.4 is 0 Å². The molecule has 0 aliphatic heterocycles. The van der Waals surface area contributed by atoms with E-state index < -0.39 is 5.67 Å². The first kappa shape index (κ1) is 13.3. The Morgan fingerprint density at radius 3 is 2.45 bits per heavy atom. The lowest BCUT2D eigenvalue weighted by Gasteiger charge is -2.21. The minimum Gasteiger partial charge on any atom is -0.238 e. The van der Waals surface area contributed by atoms with Gasteiger partial charge in [-0.1, -0.05) is 73.3 Å². The second kappa shape index (κ2) is 4.81. The van der Waals surface area contributed by atoms with Gasteiger partial charge >= 0.3 is 0 Å². The van der Waals surface area contributed by atoms with Crippen molar-refractivity contribution >= 4 is 16.3 Å². The van der Waals surface area contributed by atoms with Gasteiger partial charge in [-0.05, 0) is 33.0 Å². The number of hydrogen-bond acceptors (Lipinski definition) is 0. The molecule has 1 unspecified atom stereocenters. The molecule has 0 heterocycles. The zero-order chi connectivity index (χ0) is 15.2. The second-order valence-electron chi connectivity index (χ2n) is 6.14. The van der Waals surface area contributed by atoms with E-state index in [1.807, 2.05) is 42.5 Å². The van der Waals surface area contributed by atoms with E-state index in [9.17, 15) is 0 Å². The van der Waals surface area contributed by atoms with Crippen molar-refractivity contribution in [1.82, 2.24) is 0 Å². The molecule has 0 bridgehead atoms. The van der Waals surface area contributed by atoms with Gasteiger partial charge in [-0.15, -0.1) is 0 Å². The van der Waals surface area contributed by atoms with Crippen molar-refractivity contribution in [2.75, 3.05) is 0 Å². The van der Waals surface area contributed by atoms with Gasteiger partial charge < -0.3 is 0 Å². The Morgan fingerprint density at radius 2 is 1.64 bits per heavy atom. The van der Waals surface area contributed by atoms with Crippen LogP contribution in [0.4, 0.5) is 4.39 Å². The first-order valence-corrected chi connectivity index (χ1v) is 7.60. The lowest BCUT2D eigenvalue weighted by molar-refractivity contribution is 0.251. The van der Waals surface area contributed by atoms with Crippen LogP contribution in [0.5, 0.6) is 0 Å². The van der Waals surface area contributed by atoms with Crippen LogP contribution in [-0.2, 0) is 12.8 Å². The predicted octanol–water partition coefficient (Wildman–Crippen LogP) is 5.36. The second-order valence-corrected chi connectivity index (χ2v) is 6.14. The molecule has 0 spiro atoms. The standard InChI is InChI=1S/C21H17F/c1-15-20-9-5-4-8-19(20)14-21(15,22)13-16-10-11-17-6-2-3-7-18(17)12-16/h2-12H,1,13-14H2. The van der Waals surface area contributed by atoms with Gasteiger partial charge in [0.1, 0.15) is 5.67 Å². The third kappa shape index (κ3) is 2.05. The molecule has 0 nitrogen and oxygen atoms in total. The molecule has 0 radical (unpaired) electrons. The van der Waals surface area contributed by atoms with Crippen LogP contribution in [0.25, 0.3) is 16.3 Å². The normalized spacial score (nSPS) is 20.3. The van der Waals surface area contributed by atoms with E-state index >= 15 is 4.39 Å². The van der Waals surface area contributed by atoms with E-state index in [-0.39, 0.29) is 0 Å². The fourth-order valence-corrected chi connectivity index (χ4v) is 3.46. The van der Waals surface area contributed by atoms with Gasteiger partial charge in [0, 0.05) is 12.8 Å². The molecule has 0 fully saturated rings. The highest BCUT2D eigenvalue weighted by Crippen LogP contribution is 2.44. The van der Waals surface area contributed by atoms with Crippen LogP contribution >= 0.6 is 0 Å². The lowest BCUT2D eigenvalue weighted by atomic mass is 9.89. The molecule has 1 aliphatic rings. The first-order valence-electron chi connectivity index (χ1n) is 7.60. The molecular weight excluding hydrogens is 271 g/mol. The molecule has 1 atom stereocenters. The van der Waals surface area contributed by atoms with Crippen molar-refractivity contribution in [2.24, 2.45) is 0 Å². The van der Waals surface area contributed by atoms with Crippen molar-refractivity contribution in [3.8, 4) is 0 Å². The summed E-state index contributed by atoms with van der Waals surface area (Å²) >= 11 is 0. The Kier molecular flexibility index (Phi) is 2.90. The monoisotopic (exact) mass is 288 g/mol. The molecule has 1 aliphatic carbocycles. The van der Waals surface area contributed by atoms with Gasteiger partial charge in [-0.2, -0.15) is 0 Å². The summed E-state index contributed by atoms with van der Waals surface area (Å²) < 4.78 is 15.5. The van der Waals surface area contributed by atoms with Gasteiger partial charge in [0.05, 0.1) is 0 Å². The van der Waals surface area contributed by atoms with Gasteiger partial charge in [0.25, 0.3) is 0 Å². The molecule has 22 heavy (non-hydrogen) atoms. The fraction of sp³-hybridized carbons (Fsp3) is 0.143. The molecule has 0 saturated heterocycles. The number of halogens is 1. The van der Waals surface area contributed by atoms with E-state index in [0.717, 1.165) is 22.1 Å². The summed E-state index contributed by atoms with van der Waals surface area (Å²) in [5, 5.41) is 2.34. The zero-order valence-electron chi connectivity index (χ0n) is 12.4. The molecule has 3 aromatic carbocycles. The summed E-state index contributed by atoms with van der Waals surface area (Å²) in [6, 6.07) is 22.3. The largest absolute Gasteiger partial charge is 0.238 e. The van der Waals surface area contributed by atoms with E-state index in [1.54, 1.807) is 0 Å². The predicted molar refractivity (Wildman–Crippen MR) is 90.7 cm³/mol. The lowest BCUT2D eigenvalue weighted by Crippen LogP contribution is -2.25. The summed E-state index contributed by atoms with van der Waals surface area (Å²) in [6.07, 6.45) is 0.806. The molecule has 4 rings (SSSR count). The highest BCUT2D eigenvalue weighted by atomic mass is 19.1. The SMILES string of the molecule is C=C1c2ccccc2CC1(F)Cc1ccc2ccccc2c1. The Labute approximate surface area is 129 Å². The third-order valence-corrected chi connectivity index (χ3v) is 4.65. The Bertz CT molecular complexity index is 878. The van der Waals surface area contributed by atoms with Gasteiger partial charge in [0.2, 0.25) is 0 Å². The number of alkyl halides is 1. The summed E-state index contributed by atoms with van der Waals surface area (Å²) in [5.74, 6) is 0. The molecular formula is C21H17F. The quantitative estimate of drug-likeness (QED) is 0.595.